The summed E-state index contributed by atoms with van der Waals surface area (Å²) in [6.45, 7) is 4.15. The maximum atomic E-state index is 4.62. The Morgan fingerprint density at radius 3 is 2.79 bits per heavy atom. The van der Waals surface area contributed by atoms with Crippen LogP contribution in [0.1, 0.15) is 18.4 Å². The number of piperidine rings is 1. The van der Waals surface area contributed by atoms with Crippen LogP contribution in [0.5, 0.6) is 0 Å². The van der Waals surface area contributed by atoms with Crippen LogP contribution in [-0.2, 0) is 0 Å². The third kappa shape index (κ3) is 2.92. The van der Waals surface area contributed by atoms with Crippen molar-refractivity contribution in [2.75, 3.05) is 23.3 Å². The Morgan fingerprint density at radius 2 is 1.92 bits per heavy atom. The van der Waals surface area contributed by atoms with Gasteiger partial charge in [-0.15, -0.1) is 0 Å². The molecule has 1 saturated heterocycles. The summed E-state index contributed by atoms with van der Waals surface area (Å²) in [7, 11) is 0. The first kappa shape index (κ1) is 14.9. The van der Waals surface area contributed by atoms with Crippen LogP contribution in [0.4, 0.5) is 11.5 Å². The van der Waals surface area contributed by atoms with Gasteiger partial charge in [0.15, 0.2) is 0 Å². The van der Waals surface area contributed by atoms with Gasteiger partial charge in [0.05, 0.1) is 5.52 Å². The van der Waals surface area contributed by atoms with Gasteiger partial charge >= 0.3 is 0 Å². The molecule has 0 bridgehead atoms. The van der Waals surface area contributed by atoms with Crippen molar-refractivity contribution in [3.8, 4) is 0 Å². The molecule has 0 radical (unpaired) electrons. The molecule has 24 heavy (non-hydrogen) atoms. The van der Waals surface area contributed by atoms with Crippen molar-refractivity contribution in [1.29, 1.82) is 0 Å². The molecule has 2 aromatic carbocycles. The minimum atomic E-state index is 0.440. The van der Waals surface area contributed by atoms with Crippen molar-refractivity contribution in [3.05, 3.63) is 60.4 Å². The summed E-state index contributed by atoms with van der Waals surface area (Å²) in [5, 5.41) is 4.84. The summed E-state index contributed by atoms with van der Waals surface area (Å²) >= 11 is 0. The number of hydrogen-bond donors (Lipinski definition) is 1. The van der Waals surface area contributed by atoms with Crippen molar-refractivity contribution < 1.29 is 0 Å². The number of rotatable bonds is 3. The molecule has 1 unspecified atom stereocenters. The van der Waals surface area contributed by atoms with E-state index in [9.17, 15) is 0 Å². The van der Waals surface area contributed by atoms with E-state index in [0.29, 0.717) is 6.04 Å². The summed E-state index contributed by atoms with van der Waals surface area (Å²) in [4.78, 5) is 11.5. The van der Waals surface area contributed by atoms with Crippen molar-refractivity contribution in [1.82, 2.24) is 9.97 Å². The van der Waals surface area contributed by atoms with E-state index in [4.69, 9.17) is 0 Å². The quantitative estimate of drug-likeness (QED) is 0.792. The number of anilines is 2. The van der Waals surface area contributed by atoms with Gasteiger partial charge in [0, 0.05) is 30.2 Å². The molecule has 4 nitrogen and oxygen atoms in total. The van der Waals surface area contributed by atoms with Gasteiger partial charge in [-0.05, 0) is 43.5 Å². The van der Waals surface area contributed by atoms with E-state index in [1.807, 2.05) is 6.07 Å². The van der Waals surface area contributed by atoms with E-state index >= 15 is 0 Å². The predicted octanol–water partition coefficient (Wildman–Crippen LogP) is 4.02. The third-order valence-electron chi connectivity index (χ3n) is 4.72. The first-order valence-electron chi connectivity index (χ1n) is 8.58. The molecule has 0 aliphatic carbocycles. The Labute approximate surface area is 142 Å². The van der Waals surface area contributed by atoms with E-state index < -0.39 is 0 Å². The third-order valence-corrected chi connectivity index (χ3v) is 4.72. The SMILES string of the molecule is Cc1cccc2ncnc(N3CCCC(Nc4ccccc4)C3)c12. The Bertz CT molecular complexity index is 826. The molecule has 2 heterocycles. The maximum absolute atomic E-state index is 4.62. The van der Waals surface area contributed by atoms with Gasteiger partial charge < -0.3 is 10.2 Å². The van der Waals surface area contributed by atoms with Crippen LogP contribution >= 0.6 is 0 Å². The molecule has 1 N–H and O–H groups in total. The molecular weight excluding hydrogens is 296 g/mol. The summed E-state index contributed by atoms with van der Waals surface area (Å²) in [5.41, 5.74) is 3.45. The van der Waals surface area contributed by atoms with Crippen molar-refractivity contribution in [3.63, 3.8) is 0 Å². The second-order valence-electron chi connectivity index (χ2n) is 6.46. The molecule has 1 fully saturated rings. The normalized spacial score (nSPS) is 17.9. The highest BCUT2D eigenvalue weighted by molar-refractivity contribution is 5.92. The monoisotopic (exact) mass is 318 g/mol. The number of benzene rings is 2. The molecule has 1 aromatic heterocycles. The van der Waals surface area contributed by atoms with Gasteiger partial charge in [-0.1, -0.05) is 30.3 Å². The molecule has 0 spiro atoms. The van der Waals surface area contributed by atoms with E-state index in [-0.39, 0.29) is 0 Å². The highest BCUT2D eigenvalue weighted by Crippen LogP contribution is 2.28. The zero-order valence-electron chi connectivity index (χ0n) is 13.9. The van der Waals surface area contributed by atoms with Gasteiger partial charge in [-0.2, -0.15) is 0 Å². The van der Waals surface area contributed by atoms with Gasteiger partial charge in [0.25, 0.3) is 0 Å². The van der Waals surface area contributed by atoms with E-state index in [2.05, 4.69) is 69.6 Å². The maximum Gasteiger partial charge on any atom is 0.140 e. The second kappa shape index (κ2) is 6.48. The largest absolute Gasteiger partial charge is 0.381 e. The van der Waals surface area contributed by atoms with Crippen LogP contribution in [0.3, 0.4) is 0 Å². The number of nitrogens with one attached hydrogen (secondary N) is 1. The lowest BCUT2D eigenvalue weighted by Crippen LogP contribution is -2.42. The van der Waals surface area contributed by atoms with E-state index in [1.54, 1.807) is 6.33 Å². The van der Waals surface area contributed by atoms with E-state index in [0.717, 1.165) is 24.4 Å². The van der Waals surface area contributed by atoms with Crippen LogP contribution in [-0.4, -0.2) is 29.1 Å². The van der Waals surface area contributed by atoms with Gasteiger partial charge in [-0.3, -0.25) is 0 Å². The molecule has 0 saturated carbocycles. The second-order valence-corrected chi connectivity index (χ2v) is 6.46. The number of aryl methyl sites for hydroxylation is 1. The lowest BCUT2D eigenvalue weighted by molar-refractivity contribution is 0.527. The highest BCUT2D eigenvalue weighted by Gasteiger charge is 2.22. The minimum absolute atomic E-state index is 0.440. The fourth-order valence-electron chi connectivity index (χ4n) is 3.56. The fourth-order valence-corrected chi connectivity index (χ4v) is 3.56. The molecule has 4 rings (SSSR count). The molecular formula is C20H22N4. The summed E-state index contributed by atoms with van der Waals surface area (Å²) in [6.07, 6.45) is 4.04. The lowest BCUT2D eigenvalue weighted by Gasteiger charge is -2.35. The molecule has 4 heteroatoms. The molecule has 0 amide bonds. The average Bonchev–Trinajstić information content (AvgIpc) is 2.63. The number of para-hydroxylation sites is 1. The van der Waals surface area contributed by atoms with Crippen LogP contribution < -0.4 is 10.2 Å². The van der Waals surface area contributed by atoms with Crippen molar-refractivity contribution >= 4 is 22.4 Å². The number of nitrogens with zero attached hydrogens (tertiary/aromatic N) is 3. The van der Waals surface area contributed by atoms with Crippen LogP contribution in [0.15, 0.2) is 54.9 Å². The Balaban J connectivity index is 1.61. The fraction of sp³-hybridized carbons (Fsp3) is 0.300. The van der Waals surface area contributed by atoms with Gasteiger partial charge in [0.1, 0.15) is 12.1 Å². The first-order valence-corrected chi connectivity index (χ1v) is 8.58. The van der Waals surface area contributed by atoms with E-state index in [1.165, 1.54) is 29.5 Å². The van der Waals surface area contributed by atoms with Gasteiger partial charge in [0.2, 0.25) is 0 Å². The Morgan fingerprint density at radius 1 is 1.04 bits per heavy atom. The zero-order valence-corrected chi connectivity index (χ0v) is 13.9. The minimum Gasteiger partial charge on any atom is -0.381 e. The van der Waals surface area contributed by atoms with Gasteiger partial charge in [-0.25, -0.2) is 9.97 Å². The van der Waals surface area contributed by atoms with Crippen LogP contribution in [0, 0.1) is 6.92 Å². The van der Waals surface area contributed by atoms with Crippen LogP contribution in [0.2, 0.25) is 0 Å². The topological polar surface area (TPSA) is 41.1 Å². The zero-order chi connectivity index (χ0) is 16.4. The molecule has 1 atom stereocenters. The molecule has 1 aliphatic heterocycles. The van der Waals surface area contributed by atoms with Crippen molar-refractivity contribution in [2.45, 2.75) is 25.8 Å². The average molecular weight is 318 g/mol. The van der Waals surface area contributed by atoms with Crippen molar-refractivity contribution in [2.24, 2.45) is 0 Å². The Hall–Kier alpha value is -2.62. The lowest BCUT2D eigenvalue weighted by atomic mass is 10.0. The molecule has 3 aromatic rings. The highest BCUT2D eigenvalue weighted by atomic mass is 15.2. The Kier molecular flexibility index (Phi) is 4.03. The smallest absolute Gasteiger partial charge is 0.140 e. The summed E-state index contributed by atoms with van der Waals surface area (Å²) < 4.78 is 0. The molecule has 122 valence electrons. The summed E-state index contributed by atoms with van der Waals surface area (Å²) in [5.74, 6) is 1.07. The first-order chi connectivity index (χ1) is 11.8. The predicted molar refractivity (Wildman–Crippen MR) is 99.6 cm³/mol. The number of aromatic nitrogens is 2. The summed E-state index contributed by atoms with van der Waals surface area (Å²) in [6, 6.07) is 17.2. The van der Waals surface area contributed by atoms with Crippen LogP contribution in [0.25, 0.3) is 10.9 Å². The number of fused-ring (bicyclic) bond motifs is 1. The number of hydrogen-bond acceptors (Lipinski definition) is 4. The standard InChI is InChI=1S/C20H22N4/c1-15-7-5-11-18-19(15)20(22-14-21-18)24-12-6-10-17(13-24)23-16-8-3-2-4-9-16/h2-5,7-9,11,14,17,23H,6,10,12-13H2,1H3. The molecule has 1 aliphatic rings.